The number of piperazine rings is 1. The van der Waals surface area contributed by atoms with Crippen molar-refractivity contribution < 1.29 is 18.0 Å². The zero-order valence-electron chi connectivity index (χ0n) is 13.1. The lowest BCUT2D eigenvalue weighted by Crippen LogP contribution is -2.59. The zero-order valence-corrected chi connectivity index (χ0v) is 13.1. The first kappa shape index (κ1) is 15.9. The topological polar surface area (TPSA) is 26.8 Å². The predicted molar refractivity (Wildman–Crippen MR) is 76.5 cm³/mol. The molecular formula is C15H24F3N3O. The van der Waals surface area contributed by atoms with E-state index in [9.17, 15) is 18.0 Å². The molecule has 3 aliphatic rings. The maximum atomic E-state index is 12.8. The van der Waals surface area contributed by atoms with Crippen molar-refractivity contribution >= 4 is 6.03 Å². The zero-order chi connectivity index (χ0) is 16.1. The van der Waals surface area contributed by atoms with Crippen molar-refractivity contribution in [2.75, 3.05) is 26.2 Å². The lowest BCUT2D eigenvalue weighted by atomic mass is 10.1. The largest absolute Gasteiger partial charge is 0.393 e. The van der Waals surface area contributed by atoms with Gasteiger partial charge in [-0.15, -0.1) is 0 Å². The van der Waals surface area contributed by atoms with Crippen LogP contribution in [-0.4, -0.2) is 71.2 Å². The maximum absolute atomic E-state index is 12.8. The highest BCUT2D eigenvalue weighted by Gasteiger charge is 2.49. The van der Waals surface area contributed by atoms with Gasteiger partial charge in [-0.2, -0.15) is 13.2 Å². The predicted octanol–water partition coefficient (Wildman–Crippen LogP) is 2.55. The normalized spacial score (nSPS) is 33.1. The quantitative estimate of drug-likeness (QED) is 0.743. The van der Waals surface area contributed by atoms with Crippen LogP contribution in [0.4, 0.5) is 18.0 Å². The average Bonchev–Trinajstić information content (AvgIpc) is 3.01. The van der Waals surface area contributed by atoms with E-state index >= 15 is 0 Å². The van der Waals surface area contributed by atoms with Gasteiger partial charge in [-0.1, -0.05) is 0 Å². The Kier molecular flexibility index (Phi) is 4.03. The molecule has 3 unspecified atom stereocenters. The molecule has 0 aromatic rings. The standard InChI is InChI=1S/C15H24F3N3O/c1-10(2)20-8-12-3-4-13(9-20)21(12)14(22)19-6-5-11(7-19)15(16,17)18/h10-13H,3-9H2,1-2H3. The molecule has 2 bridgehead atoms. The second-order valence-electron chi connectivity index (χ2n) is 7.10. The van der Waals surface area contributed by atoms with Crippen LogP contribution in [0.1, 0.15) is 33.1 Å². The van der Waals surface area contributed by atoms with Gasteiger partial charge in [0.1, 0.15) is 0 Å². The van der Waals surface area contributed by atoms with Crippen molar-refractivity contribution in [3.63, 3.8) is 0 Å². The van der Waals surface area contributed by atoms with Gasteiger partial charge >= 0.3 is 12.2 Å². The minimum atomic E-state index is -4.19. The van der Waals surface area contributed by atoms with E-state index in [1.54, 1.807) is 0 Å². The fourth-order valence-corrected chi connectivity index (χ4v) is 4.03. The number of alkyl halides is 3. The molecule has 7 heteroatoms. The number of rotatable bonds is 1. The second kappa shape index (κ2) is 5.58. The van der Waals surface area contributed by atoms with Gasteiger partial charge in [0.15, 0.2) is 0 Å². The van der Waals surface area contributed by atoms with Crippen LogP contribution in [0.2, 0.25) is 0 Å². The molecule has 4 nitrogen and oxygen atoms in total. The molecule has 0 N–H and O–H groups in total. The number of carbonyl (C=O) groups is 1. The molecule has 0 radical (unpaired) electrons. The first-order chi connectivity index (χ1) is 10.3. The molecular weight excluding hydrogens is 295 g/mol. The lowest BCUT2D eigenvalue weighted by Gasteiger charge is -2.44. The van der Waals surface area contributed by atoms with Crippen LogP contribution >= 0.6 is 0 Å². The van der Waals surface area contributed by atoms with Crippen LogP contribution in [0.15, 0.2) is 0 Å². The van der Waals surface area contributed by atoms with E-state index < -0.39 is 12.1 Å². The summed E-state index contributed by atoms with van der Waals surface area (Å²) < 4.78 is 38.4. The van der Waals surface area contributed by atoms with Crippen molar-refractivity contribution in [1.82, 2.24) is 14.7 Å². The van der Waals surface area contributed by atoms with Gasteiger partial charge in [-0.05, 0) is 33.1 Å². The Bertz CT molecular complexity index is 426. The van der Waals surface area contributed by atoms with Crippen LogP contribution in [0.25, 0.3) is 0 Å². The van der Waals surface area contributed by atoms with E-state index in [2.05, 4.69) is 18.7 Å². The summed E-state index contributed by atoms with van der Waals surface area (Å²) in [5.41, 5.74) is 0. The summed E-state index contributed by atoms with van der Waals surface area (Å²) in [5, 5.41) is 0. The molecule has 0 aromatic carbocycles. The molecule has 3 aliphatic heterocycles. The van der Waals surface area contributed by atoms with Gasteiger partial charge in [-0.25, -0.2) is 4.79 Å². The van der Waals surface area contributed by atoms with Gasteiger partial charge < -0.3 is 9.80 Å². The van der Waals surface area contributed by atoms with Crippen molar-refractivity contribution in [1.29, 1.82) is 0 Å². The van der Waals surface area contributed by atoms with Crippen LogP contribution in [0.3, 0.4) is 0 Å². The molecule has 3 fully saturated rings. The van der Waals surface area contributed by atoms with E-state index in [-0.39, 0.29) is 37.6 Å². The highest BCUT2D eigenvalue weighted by Crippen LogP contribution is 2.36. The summed E-state index contributed by atoms with van der Waals surface area (Å²) in [7, 11) is 0. The smallest absolute Gasteiger partial charge is 0.324 e. The molecule has 0 aliphatic carbocycles. The Morgan fingerprint density at radius 2 is 1.64 bits per heavy atom. The van der Waals surface area contributed by atoms with Gasteiger partial charge in [0.25, 0.3) is 0 Å². The fraction of sp³-hybridized carbons (Fsp3) is 0.933. The van der Waals surface area contributed by atoms with Crippen LogP contribution in [-0.2, 0) is 0 Å². The van der Waals surface area contributed by atoms with Gasteiger partial charge in [-0.3, -0.25) is 4.90 Å². The summed E-state index contributed by atoms with van der Waals surface area (Å²) in [6.45, 7) is 6.03. The molecule has 3 heterocycles. The Morgan fingerprint density at radius 3 is 2.09 bits per heavy atom. The average molecular weight is 319 g/mol. The molecule has 0 aromatic heterocycles. The van der Waals surface area contributed by atoms with Gasteiger partial charge in [0, 0.05) is 44.3 Å². The second-order valence-corrected chi connectivity index (χ2v) is 7.10. The van der Waals surface area contributed by atoms with Crippen LogP contribution in [0.5, 0.6) is 0 Å². The van der Waals surface area contributed by atoms with Crippen molar-refractivity contribution in [2.24, 2.45) is 5.92 Å². The monoisotopic (exact) mass is 319 g/mol. The SMILES string of the molecule is CC(C)N1CC2CCC(C1)N2C(=O)N1CCC(C(F)(F)F)C1. The molecule has 3 atom stereocenters. The van der Waals surface area contributed by atoms with Gasteiger partial charge in [0.2, 0.25) is 0 Å². The summed E-state index contributed by atoms with van der Waals surface area (Å²) in [4.78, 5) is 18.3. The summed E-state index contributed by atoms with van der Waals surface area (Å²) in [6, 6.07) is 0.599. The first-order valence-electron chi connectivity index (χ1n) is 8.15. The van der Waals surface area contributed by atoms with Crippen molar-refractivity contribution in [3.8, 4) is 0 Å². The van der Waals surface area contributed by atoms with E-state index in [1.807, 2.05) is 4.90 Å². The van der Waals surface area contributed by atoms with Crippen molar-refractivity contribution in [2.45, 2.75) is 57.4 Å². The van der Waals surface area contributed by atoms with Crippen LogP contribution < -0.4 is 0 Å². The summed E-state index contributed by atoms with van der Waals surface area (Å²) in [6.07, 6.45) is -2.22. The number of nitrogens with zero attached hydrogens (tertiary/aromatic N) is 3. The highest BCUT2D eigenvalue weighted by molar-refractivity contribution is 5.76. The van der Waals surface area contributed by atoms with E-state index in [0.717, 1.165) is 25.9 Å². The molecule has 0 spiro atoms. The third kappa shape index (κ3) is 2.79. The third-order valence-corrected chi connectivity index (χ3v) is 5.38. The first-order valence-corrected chi connectivity index (χ1v) is 8.15. The maximum Gasteiger partial charge on any atom is 0.393 e. The number of hydrogen-bond acceptors (Lipinski definition) is 2. The molecule has 0 saturated carbocycles. The number of likely N-dealkylation sites (tertiary alicyclic amines) is 2. The van der Waals surface area contributed by atoms with E-state index in [4.69, 9.17) is 0 Å². The molecule has 3 saturated heterocycles. The third-order valence-electron chi connectivity index (χ3n) is 5.38. The minimum Gasteiger partial charge on any atom is -0.324 e. The summed E-state index contributed by atoms with van der Waals surface area (Å²) >= 11 is 0. The number of carbonyl (C=O) groups excluding carboxylic acids is 1. The Hall–Kier alpha value is -0.980. The molecule has 22 heavy (non-hydrogen) atoms. The van der Waals surface area contributed by atoms with E-state index in [0.29, 0.717) is 6.04 Å². The Balaban J connectivity index is 1.65. The number of halogens is 3. The Labute approximate surface area is 129 Å². The number of fused-ring (bicyclic) bond motifs is 2. The summed E-state index contributed by atoms with van der Waals surface area (Å²) in [5.74, 6) is -1.36. The van der Waals surface area contributed by atoms with Crippen LogP contribution in [0, 0.1) is 5.92 Å². The Morgan fingerprint density at radius 1 is 1.05 bits per heavy atom. The molecule has 3 rings (SSSR count). The van der Waals surface area contributed by atoms with Gasteiger partial charge in [0.05, 0.1) is 5.92 Å². The van der Waals surface area contributed by atoms with E-state index in [1.165, 1.54) is 4.90 Å². The number of amides is 2. The van der Waals surface area contributed by atoms with Crippen molar-refractivity contribution in [3.05, 3.63) is 0 Å². The molecule has 2 amide bonds. The fourth-order valence-electron chi connectivity index (χ4n) is 4.03. The number of hydrogen-bond donors (Lipinski definition) is 0. The highest BCUT2D eigenvalue weighted by atomic mass is 19.4. The number of urea groups is 1. The lowest BCUT2D eigenvalue weighted by molar-refractivity contribution is -0.170. The molecule has 126 valence electrons. The minimum absolute atomic E-state index is 0.0382.